The van der Waals surface area contributed by atoms with Gasteiger partial charge in [0, 0.05) is 6.61 Å². The van der Waals surface area contributed by atoms with Crippen molar-refractivity contribution in [2.45, 2.75) is 45.1 Å². The van der Waals surface area contributed by atoms with Crippen LogP contribution in [0.4, 0.5) is 0 Å². The van der Waals surface area contributed by atoms with E-state index >= 15 is 0 Å². The van der Waals surface area contributed by atoms with Crippen molar-refractivity contribution < 1.29 is 13.2 Å². The van der Waals surface area contributed by atoms with Crippen LogP contribution in [0.25, 0.3) is 0 Å². The molecule has 1 aliphatic heterocycles. The lowest BCUT2D eigenvalue weighted by Gasteiger charge is -2.56. The summed E-state index contributed by atoms with van der Waals surface area (Å²) in [5, 5.41) is 5.10. The first-order chi connectivity index (χ1) is 7.20. The molecule has 2 fully saturated rings. The van der Waals surface area contributed by atoms with Gasteiger partial charge in [-0.05, 0) is 37.0 Å². The number of primary sulfonamides is 1. The minimum absolute atomic E-state index is 0.0445. The van der Waals surface area contributed by atoms with Crippen molar-refractivity contribution in [3.63, 3.8) is 0 Å². The summed E-state index contributed by atoms with van der Waals surface area (Å²) in [6.07, 6.45) is 3.76. The molecule has 0 aromatic rings. The van der Waals surface area contributed by atoms with Crippen molar-refractivity contribution in [2.75, 3.05) is 12.4 Å². The third-order valence-electron chi connectivity index (χ3n) is 3.66. The number of rotatable bonds is 2. The third-order valence-corrected chi connectivity index (χ3v) is 4.60. The van der Waals surface area contributed by atoms with E-state index in [-0.39, 0.29) is 17.3 Å². The molecule has 2 rings (SSSR count). The first-order valence-electron chi connectivity index (χ1n) is 5.84. The number of nitrogens with two attached hydrogens (primary N) is 1. The average molecular weight is 247 g/mol. The highest BCUT2D eigenvalue weighted by Gasteiger charge is 2.52. The first kappa shape index (κ1) is 12.3. The van der Waals surface area contributed by atoms with Crippen molar-refractivity contribution in [1.82, 2.24) is 0 Å². The van der Waals surface area contributed by atoms with Crippen LogP contribution in [0, 0.1) is 11.3 Å². The number of hydrogen-bond acceptors (Lipinski definition) is 3. The zero-order valence-corrected chi connectivity index (χ0v) is 10.8. The zero-order chi connectivity index (χ0) is 12.0. The SMILES string of the molecule is CC1(C)CC2(CC(CS(N)(=O)=O)CCO2)C1. The first-order valence-corrected chi connectivity index (χ1v) is 7.56. The predicted molar refractivity (Wildman–Crippen MR) is 62.4 cm³/mol. The van der Waals surface area contributed by atoms with Crippen molar-refractivity contribution in [2.24, 2.45) is 16.5 Å². The molecule has 0 amide bonds. The molecule has 1 spiro atoms. The van der Waals surface area contributed by atoms with Gasteiger partial charge in [-0.3, -0.25) is 0 Å². The monoisotopic (exact) mass is 247 g/mol. The molecule has 1 heterocycles. The van der Waals surface area contributed by atoms with E-state index in [0.717, 1.165) is 25.7 Å². The van der Waals surface area contributed by atoms with Gasteiger partial charge in [0.1, 0.15) is 0 Å². The van der Waals surface area contributed by atoms with E-state index in [1.165, 1.54) is 0 Å². The van der Waals surface area contributed by atoms with Gasteiger partial charge in [-0.1, -0.05) is 13.8 Å². The molecule has 0 bridgehead atoms. The van der Waals surface area contributed by atoms with Crippen LogP contribution in [0.2, 0.25) is 0 Å². The summed E-state index contributed by atoms with van der Waals surface area (Å²) in [5.74, 6) is 0.290. The Morgan fingerprint density at radius 3 is 2.50 bits per heavy atom. The van der Waals surface area contributed by atoms with E-state index in [0.29, 0.717) is 12.0 Å². The fourth-order valence-corrected chi connectivity index (χ4v) is 4.48. The highest BCUT2D eigenvalue weighted by Crippen LogP contribution is 2.54. The van der Waals surface area contributed by atoms with Gasteiger partial charge in [-0.25, -0.2) is 13.6 Å². The Labute approximate surface area is 97.6 Å². The molecule has 1 saturated carbocycles. The van der Waals surface area contributed by atoms with E-state index in [4.69, 9.17) is 9.88 Å². The van der Waals surface area contributed by atoms with Gasteiger partial charge < -0.3 is 4.74 Å². The molecule has 94 valence electrons. The summed E-state index contributed by atoms with van der Waals surface area (Å²) >= 11 is 0. The topological polar surface area (TPSA) is 69.4 Å². The zero-order valence-electron chi connectivity index (χ0n) is 10.0. The van der Waals surface area contributed by atoms with Crippen LogP contribution in [-0.2, 0) is 14.8 Å². The van der Waals surface area contributed by atoms with Crippen LogP contribution < -0.4 is 5.14 Å². The average Bonchev–Trinajstić information content (AvgIpc) is 1.96. The molecule has 1 unspecified atom stereocenters. The van der Waals surface area contributed by atoms with Gasteiger partial charge in [0.05, 0.1) is 11.4 Å². The Hall–Kier alpha value is -0.130. The highest BCUT2D eigenvalue weighted by atomic mass is 32.2. The van der Waals surface area contributed by atoms with Crippen LogP contribution in [0.5, 0.6) is 0 Å². The smallest absolute Gasteiger partial charge is 0.209 e. The second-order valence-corrected chi connectivity index (χ2v) is 7.90. The van der Waals surface area contributed by atoms with Crippen LogP contribution in [0.1, 0.15) is 39.5 Å². The van der Waals surface area contributed by atoms with Gasteiger partial charge in [-0.15, -0.1) is 0 Å². The van der Waals surface area contributed by atoms with E-state index in [1.54, 1.807) is 0 Å². The lowest BCUT2D eigenvalue weighted by molar-refractivity contribution is -0.189. The largest absolute Gasteiger partial charge is 0.375 e. The Kier molecular flexibility index (Phi) is 2.84. The fourth-order valence-electron chi connectivity index (χ4n) is 3.54. The van der Waals surface area contributed by atoms with Gasteiger partial charge in [0.15, 0.2) is 0 Å². The molecular formula is C11H21NO3S. The Morgan fingerprint density at radius 1 is 1.38 bits per heavy atom. The molecule has 1 saturated heterocycles. The number of sulfonamides is 1. The van der Waals surface area contributed by atoms with Crippen LogP contribution in [-0.4, -0.2) is 26.4 Å². The van der Waals surface area contributed by atoms with Crippen molar-refractivity contribution in [1.29, 1.82) is 0 Å². The number of hydrogen-bond donors (Lipinski definition) is 1. The normalized spacial score (nSPS) is 32.3. The standard InChI is InChI=1S/C11H21NO3S/c1-10(2)7-11(8-10)5-9(3-4-15-11)6-16(12,13)14/h9H,3-8H2,1-2H3,(H2,12,13,14). The van der Waals surface area contributed by atoms with Gasteiger partial charge in [-0.2, -0.15) is 0 Å². The van der Waals surface area contributed by atoms with E-state index in [1.807, 2.05) is 0 Å². The highest BCUT2D eigenvalue weighted by molar-refractivity contribution is 7.89. The summed E-state index contributed by atoms with van der Waals surface area (Å²) in [6, 6.07) is 0. The van der Waals surface area contributed by atoms with Crippen molar-refractivity contribution in [3.8, 4) is 0 Å². The maximum absolute atomic E-state index is 11.1. The van der Waals surface area contributed by atoms with Crippen LogP contribution >= 0.6 is 0 Å². The molecule has 0 radical (unpaired) electrons. The summed E-state index contributed by atoms with van der Waals surface area (Å²) in [7, 11) is -3.34. The summed E-state index contributed by atoms with van der Waals surface area (Å²) in [4.78, 5) is 0. The minimum Gasteiger partial charge on any atom is -0.375 e. The molecule has 4 nitrogen and oxygen atoms in total. The Bertz CT molecular complexity index is 367. The summed E-state index contributed by atoms with van der Waals surface area (Å²) < 4.78 is 28.0. The Morgan fingerprint density at radius 2 is 2.00 bits per heavy atom. The van der Waals surface area contributed by atoms with Gasteiger partial charge >= 0.3 is 0 Å². The van der Waals surface area contributed by atoms with Gasteiger partial charge in [0.25, 0.3) is 0 Å². The molecule has 0 aromatic heterocycles. The van der Waals surface area contributed by atoms with Crippen LogP contribution in [0.3, 0.4) is 0 Å². The van der Waals surface area contributed by atoms with Crippen molar-refractivity contribution in [3.05, 3.63) is 0 Å². The van der Waals surface area contributed by atoms with E-state index in [9.17, 15) is 8.42 Å². The lowest BCUT2D eigenvalue weighted by Crippen LogP contribution is -2.54. The molecule has 5 heteroatoms. The molecule has 16 heavy (non-hydrogen) atoms. The molecule has 2 aliphatic rings. The maximum atomic E-state index is 11.1. The lowest BCUT2D eigenvalue weighted by atomic mass is 9.58. The second-order valence-electron chi connectivity index (χ2n) is 6.24. The summed E-state index contributed by atoms with van der Waals surface area (Å²) in [5.41, 5.74) is 0.306. The predicted octanol–water partition coefficient (Wildman–Crippen LogP) is 1.26. The summed E-state index contributed by atoms with van der Waals surface area (Å²) in [6.45, 7) is 5.13. The fraction of sp³-hybridized carbons (Fsp3) is 1.00. The van der Waals surface area contributed by atoms with Crippen LogP contribution in [0.15, 0.2) is 0 Å². The van der Waals surface area contributed by atoms with Gasteiger partial charge in [0.2, 0.25) is 10.0 Å². The van der Waals surface area contributed by atoms with E-state index in [2.05, 4.69) is 13.8 Å². The number of ether oxygens (including phenoxy) is 1. The maximum Gasteiger partial charge on any atom is 0.209 e. The Balaban J connectivity index is 1.96. The molecule has 2 N–H and O–H groups in total. The molecular weight excluding hydrogens is 226 g/mol. The van der Waals surface area contributed by atoms with E-state index < -0.39 is 10.0 Å². The minimum atomic E-state index is -3.34. The second kappa shape index (κ2) is 3.68. The molecule has 1 aliphatic carbocycles. The third kappa shape index (κ3) is 2.76. The van der Waals surface area contributed by atoms with Crippen molar-refractivity contribution >= 4 is 10.0 Å². The molecule has 0 aromatic carbocycles. The quantitative estimate of drug-likeness (QED) is 0.798. The molecule has 1 atom stereocenters.